The van der Waals surface area contributed by atoms with Gasteiger partial charge in [-0.2, -0.15) is 0 Å². The van der Waals surface area contributed by atoms with Crippen LogP contribution in [0.3, 0.4) is 0 Å². The minimum Gasteiger partial charge on any atom is -0.383 e. The van der Waals surface area contributed by atoms with Gasteiger partial charge in [0.1, 0.15) is 0 Å². The van der Waals surface area contributed by atoms with Crippen LogP contribution in [0.15, 0.2) is 0 Å². The van der Waals surface area contributed by atoms with Gasteiger partial charge in [0.25, 0.3) is 0 Å². The first-order chi connectivity index (χ1) is 8.31. The van der Waals surface area contributed by atoms with Crippen molar-refractivity contribution < 1.29 is 4.74 Å². The molecule has 2 unspecified atom stereocenters. The maximum Gasteiger partial charge on any atom is 0.0615 e. The molecule has 0 aliphatic carbocycles. The van der Waals surface area contributed by atoms with Gasteiger partial charge in [-0.1, -0.05) is 6.92 Å². The molecule has 0 saturated heterocycles. The summed E-state index contributed by atoms with van der Waals surface area (Å²) in [6.45, 7) is 16.5. The highest BCUT2D eigenvalue weighted by atomic mass is 16.5. The molecular weight excluding hydrogens is 224 g/mol. The molecule has 0 rings (SSSR count). The number of rotatable bonds is 9. The summed E-state index contributed by atoms with van der Waals surface area (Å²) in [4.78, 5) is 2.53. The van der Waals surface area contributed by atoms with Gasteiger partial charge in [-0.05, 0) is 60.5 Å². The molecule has 0 aromatic carbocycles. The van der Waals surface area contributed by atoms with Crippen molar-refractivity contribution in [2.75, 3.05) is 26.8 Å². The lowest BCUT2D eigenvalue weighted by molar-refractivity contribution is 0.0749. The summed E-state index contributed by atoms with van der Waals surface area (Å²) < 4.78 is 5.25. The van der Waals surface area contributed by atoms with Gasteiger partial charge < -0.3 is 10.1 Å². The minimum atomic E-state index is 0.233. The minimum absolute atomic E-state index is 0.233. The van der Waals surface area contributed by atoms with Gasteiger partial charge in [0, 0.05) is 24.7 Å². The summed E-state index contributed by atoms with van der Waals surface area (Å²) in [5, 5.41) is 3.55. The van der Waals surface area contributed by atoms with Gasteiger partial charge >= 0.3 is 0 Å². The molecule has 18 heavy (non-hydrogen) atoms. The number of ether oxygens (including phenoxy) is 1. The molecule has 3 heteroatoms. The van der Waals surface area contributed by atoms with Gasteiger partial charge in [-0.3, -0.25) is 4.90 Å². The Bertz CT molecular complexity index is 201. The number of hydrogen-bond donors (Lipinski definition) is 1. The number of hydrogen-bond acceptors (Lipinski definition) is 3. The van der Waals surface area contributed by atoms with Crippen LogP contribution in [0.1, 0.15) is 54.4 Å². The average molecular weight is 258 g/mol. The van der Waals surface area contributed by atoms with E-state index >= 15 is 0 Å². The van der Waals surface area contributed by atoms with Crippen molar-refractivity contribution in [3.8, 4) is 0 Å². The zero-order chi connectivity index (χ0) is 14.2. The quantitative estimate of drug-likeness (QED) is 0.644. The normalized spacial score (nSPS) is 16.0. The summed E-state index contributed by atoms with van der Waals surface area (Å²) in [5.41, 5.74) is 0.233. The fourth-order valence-corrected chi connectivity index (χ4v) is 2.42. The molecule has 2 atom stereocenters. The Morgan fingerprint density at radius 1 is 1.17 bits per heavy atom. The maximum atomic E-state index is 5.25. The van der Waals surface area contributed by atoms with Gasteiger partial charge in [-0.15, -0.1) is 0 Å². The second-order valence-corrected chi connectivity index (χ2v) is 6.30. The van der Waals surface area contributed by atoms with Gasteiger partial charge in [0.15, 0.2) is 0 Å². The Hall–Kier alpha value is -0.120. The Balaban J connectivity index is 3.94. The van der Waals surface area contributed by atoms with Crippen molar-refractivity contribution in [3.05, 3.63) is 0 Å². The van der Waals surface area contributed by atoms with Crippen LogP contribution < -0.4 is 5.32 Å². The lowest BCUT2D eigenvalue weighted by atomic mass is 10.1. The highest BCUT2D eigenvalue weighted by molar-refractivity contribution is 4.74. The molecule has 3 nitrogen and oxygen atoms in total. The van der Waals surface area contributed by atoms with E-state index in [4.69, 9.17) is 4.74 Å². The first kappa shape index (κ1) is 17.9. The van der Waals surface area contributed by atoms with Crippen molar-refractivity contribution in [3.63, 3.8) is 0 Å². The molecule has 0 fully saturated rings. The third kappa shape index (κ3) is 8.06. The number of nitrogens with zero attached hydrogens (tertiary/aromatic N) is 1. The van der Waals surface area contributed by atoms with Crippen molar-refractivity contribution in [2.45, 2.75) is 72.0 Å². The highest BCUT2D eigenvalue weighted by Gasteiger charge is 2.18. The van der Waals surface area contributed by atoms with E-state index in [-0.39, 0.29) is 5.54 Å². The first-order valence-electron chi connectivity index (χ1n) is 7.31. The maximum absolute atomic E-state index is 5.25. The van der Waals surface area contributed by atoms with E-state index < -0.39 is 0 Å². The summed E-state index contributed by atoms with van der Waals surface area (Å²) in [5.74, 6) is 0. The number of nitrogens with one attached hydrogen (secondary N) is 1. The van der Waals surface area contributed by atoms with Gasteiger partial charge in [0.2, 0.25) is 0 Å². The van der Waals surface area contributed by atoms with Crippen LogP contribution in [-0.2, 0) is 4.74 Å². The molecule has 0 aliphatic heterocycles. The van der Waals surface area contributed by atoms with E-state index in [2.05, 4.69) is 51.8 Å². The Morgan fingerprint density at radius 3 is 2.22 bits per heavy atom. The van der Waals surface area contributed by atoms with Gasteiger partial charge in [-0.25, -0.2) is 0 Å². The molecule has 0 bridgehead atoms. The summed E-state index contributed by atoms with van der Waals surface area (Å²) in [6.07, 6.45) is 2.47. The topological polar surface area (TPSA) is 24.5 Å². The standard InChI is InChI=1S/C15H34N2O/c1-8-17(14(3)12-18-7)13(2)10-9-11-16-15(4,5)6/h13-14,16H,8-12H2,1-7H3. The molecule has 1 N–H and O–H groups in total. The fraction of sp³-hybridized carbons (Fsp3) is 1.00. The van der Waals surface area contributed by atoms with Crippen LogP contribution in [0.4, 0.5) is 0 Å². The average Bonchev–Trinajstić information content (AvgIpc) is 2.24. The summed E-state index contributed by atoms with van der Waals surface area (Å²) >= 11 is 0. The van der Waals surface area contributed by atoms with Crippen LogP contribution in [-0.4, -0.2) is 49.3 Å². The molecule has 0 spiro atoms. The molecule has 0 radical (unpaired) electrons. The Labute approximate surface area is 114 Å². The second kappa shape index (κ2) is 8.89. The SMILES string of the molecule is CCN(C(C)CCCNC(C)(C)C)C(C)COC. The molecule has 0 saturated carbocycles. The molecular formula is C15H34N2O. The zero-order valence-corrected chi connectivity index (χ0v) is 13.5. The fourth-order valence-electron chi connectivity index (χ4n) is 2.42. The summed E-state index contributed by atoms with van der Waals surface area (Å²) in [7, 11) is 1.78. The van der Waals surface area contributed by atoms with E-state index in [1.54, 1.807) is 7.11 Å². The first-order valence-corrected chi connectivity index (χ1v) is 7.31. The van der Waals surface area contributed by atoms with E-state index in [0.29, 0.717) is 12.1 Å². The largest absolute Gasteiger partial charge is 0.383 e. The van der Waals surface area contributed by atoms with Crippen LogP contribution in [0, 0.1) is 0 Å². The van der Waals surface area contributed by atoms with Crippen LogP contribution in [0.2, 0.25) is 0 Å². The molecule has 0 heterocycles. The second-order valence-electron chi connectivity index (χ2n) is 6.30. The predicted molar refractivity (Wildman–Crippen MR) is 80.2 cm³/mol. The molecule has 110 valence electrons. The third-order valence-corrected chi connectivity index (χ3v) is 3.36. The predicted octanol–water partition coefficient (Wildman–Crippen LogP) is 2.90. The molecule has 0 aromatic heterocycles. The Kier molecular flexibility index (Phi) is 8.83. The van der Waals surface area contributed by atoms with Crippen LogP contribution in [0.5, 0.6) is 0 Å². The third-order valence-electron chi connectivity index (χ3n) is 3.36. The van der Waals surface area contributed by atoms with Gasteiger partial charge in [0.05, 0.1) is 6.61 Å². The van der Waals surface area contributed by atoms with Crippen LogP contribution in [0.25, 0.3) is 0 Å². The number of methoxy groups -OCH3 is 1. The Morgan fingerprint density at radius 2 is 1.78 bits per heavy atom. The smallest absolute Gasteiger partial charge is 0.0615 e. The van der Waals surface area contributed by atoms with Crippen molar-refractivity contribution >= 4 is 0 Å². The lowest BCUT2D eigenvalue weighted by Gasteiger charge is -2.33. The monoisotopic (exact) mass is 258 g/mol. The van der Waals surface area contributed by atoms with Crippen molar-refractivity contribution in [2.24, 2.45) is 0 Å². The van der Waals surface area contributed by atoms with E-state index in [9.17, 15) is 0 Å². The van der Waals surface area contributed by atoms with E-state index in [0.717, 1.165) is 19.7 Å². The van der Waals surface area contributed by atoms with Crippen molar-refractivity contribution in [1.82, 2.24) is 10.2 Å². The molecule has 0 aromatic rings. The van der Waals surface area contributed by atoms with E-state index in [1.807, 2.05) is 0 Å². The highest BCUT2D eigenvalue weighted by Crippen LogP contribution is 2.11. The van der Waals surface area contributed by atoms with E-state index in [1.165, 1.54) is 12.8 Å². The number of likely N-dealkylation sites (N-methyl/N-ethyl adjacent to an activating group) is 1. The van der Waals surface area contributed by atoms with Crippen LogP contribution >= 0.6 is 0 Å². The zero-order valence-electron chi connectivity index (χ0n) is 13.5. The van der Waals surface area contributed by atoms with Crippen molar-refractivity contribution in [1.29, 1.82) is 0 Å². The summed E-state index contributed by atoms with van der Waals surface area (Å²) in [6, 6.07) is 1.13. The molecule has 0 aliphatic rings. The lowest BCUT2D eigenvalue weighted by Crippen LogP contribution is -2.43. The molecule has 0 amide bonds.